The quantitative estimate of drug-likeness (QED) is 0.700. The van der Waals surface area contributed by atoms with Gasteiger partial charge < -0.3 is 9.64 Å². The second-order valence-corrected chi connectivity index (χ2v) is 5.58. The minimum Gasteiger partial charge on any atom is -0.464 e. The van der Waals surface area contributed by atoms with Gasteiger partial charge in [0.25, 0.3) is 0 Å². The van der Waals surface area contributed by atoms with E-state index in [1.807, 2.05) is 0 Å². The highest BCUT2D eigenvalue weighted by molar-refractivity contribution is 5.89. The molecule has 24 heavy (non-hydrogen) atoms. The summed E-state index contributed by atoms with van der Waals surface area (Å²) in [6, 6.07) is 0. The smallest absolute Gasteiger partial charge is 0.358 e. The van der Waals surface area contributed by atoms with Crippen molar-refractivity contribution in [1.82, 2.24) is 29.9 Å². The Balaban J connectivity index is 1.70. The second-order valence-electron chi connectivity index (χ2n) is 5.58. The largest absolute Gasteiger partial charge is 0.464 e. The third-order valence-corrected chi connectivity index (χ3v) is 4.10. The van der Waals surface area contributed by atoms with Crippen LogP contribution in [0.15, 0.2) is 4.79 Å². The van der Waals surface area contributed by atoms with Gasteiger partial charge in [-0.05, 0) is 0 Å². The fraction of sp³-hybridized carbons (Fsp3) is 0.500. The van der Waals surface area contributed by atoms with E-state index in [0.29, 0.717) is 31.8 Å². The molecule has 0 atom stereocenters. The number of esters is 1. The van der Waals surface area contributed by atoms with Gasteiger partial charge in [-0.1, -0.05) is 0 Å². The van der Waals surface area contributed by atoms with Crippen molar-refractivity contribution in [2.24, 2.45) is 7.05 Å². The van der Waals surface area contributed by atoms with Crippen LogP contribution in [0.5, 0.6) is 0 Å². The number of ether oxygens (including phenoxy) is 1. The number of hydrogen-bond acceptors (Lipinski definition) is 6. The van der Waals surface area contributed by atoms with Gasteiger partial charge in [0, 0.05) is 50.7 Å². The Hall–Kier alpha value is -2.91. The van der Waals surface area contributed by atoms with Crippen molar-refractivity contribution in [2.75, 3.05) is 13.7 Å². The molecule has 0 aliphatic carbocycles. The molecule has 1 amide bonds. The standard InChI is InChI=1S/C14H18N6O4/c1-19-9-5-6-20(7-8(9)12(18-19)13(22)24-2)11(21)4-3-10-15-14(23)17-16-10/h3-7H2,1-2H3,(H2,15,16,17,23). The Morgan fingerprint density at radius 2 is 2.17 bits per heavy atom. The van der Waals surface area contributed by atoms with E-state index in [2.05, 4.69) is 20.3 Å². The first kappa shape index (κ1) is 16.0. The average Bonchev–Trinajstić information content (AvgIpc) is 3.15. The van der Waals surface area contributed by atoms with Crippen molar-refractivity contribution >= 4 is 11.9 Å². The predicted molar refractivity (Wildman–Crippen MR) is 81.2 cm³/mol. The van der Waals surface area contributed by atoms with Crippen LogP contribution in [-0.4, -0.2) is 55.4 Å². The van der Waals surface area contributed by atoms with Gasteiger partial charge in [-0.2, -0.15) is 10.2 Å². The topological polar surface area (TPSA) is 126 Å². The molecule has 0 aromatic carbocycles. The monoisotopic (exact) mass is 334 g/mol. The van der Waals surface area contributed by atoms with Gasteiger partial charge in [0.2, 0.25) is 5.91 Å². The lowest BCUT2D eigenvalue weighted by Gasteiger charge is -2.27. The molecule has 0 fully saturated rings. The molecular formula is C14H18N6O4. The molecule has 1 aliphatic heterocycles. The Morgan fingerprint density at radius 3 is 2.83 bits per heavy atom. The summed E-state index contributed by atoms with van der Waals surface area (Å²) in [6.45, 7) is 0.882. The average molecular weight is 334 g/mol. The number of nitrogens with one attached hydrogen (secondary N) is 2. The molecule has 2 aromatic rings. The molecule has 0 saturated carbocycles. The molecule has 10 nitrogen and oxygen atoms in total. The molecule has 3 rings (SSSR count). The maximum Gasteiger partial charge on any atom is 0.358 e. The van der Waals surface area contributed by atoms with E-state index in [0.717, 1.165) is 11.3 Å². The predicted octanol–water partition coefficient (Wildman–Crippen LogP) is -0.864. The van der Waals surface area contributed by atoms with Gasteiger partial charge in [-0.15, -0.1) is 0 Å². The summed E-state index contributed by atoms with van der Waals surface area (Å²) in [5.41, 5.74) is 1.54. The van der Waals surface area contributed by atoms with Crippen LogP contribution < -0.4 is 5.69 Å². The zero-order valence-electron chi connectivity index (χ0n) is 13.5. The lowest BCUT2D eigenvalue weighted by molar-refractivity contribution is -0.132. The van der Waals surface area contributed by atoms with Crippen molar-refractivity contribution < 1.29 is 14.3 Å². The number of aryl methyl sites for hydroxylation is 2. The third kappa shape index (κ3) is 2.94. The lowest BCUT2D eigenvalue weighted by Crippen LogP contribution is -2.36. The van der Waals surface area contributed by atoms with Crippen molar-refractivity contribution in [3.05, 3.63) is 33.3 Å². The Morgan fingerprint density at radius 1 is 1.38 bits per heavy atom. The fourth-order valence-corrected chi connectivity index (χ4v) is 2.87. The van der Waals surface area contributed by atoms with Crippen LogP contribution in [-0.2, 0) is 36.0 Å². The molecule has 3 heterocycles. The van der Waals surface area contributed by atoms with Gasteiger partial charge in [0.15, 0.2) is 5.69 Å². The van der Waals surface area contributed by atoms with Crippen LogP contribution in [0.25, 0.3) is 0 Å². The zero-order chi connectivity index (χ0) is 17.3. The summed E-state index contributed by atoms with van der Waals surface area (Å²) in [5.74, 6) is -0.123. The first-order chi connectivity index (χ1) is 11.5. The van der Waals surface area contributed by atoms with Gasteiger partial charge in [0.1, 0.15) is 5.82 Å². The SMILES string of the molecule is COC(=O)c1nn(C)c2c1CN(C(=O)CCc1n[nH]c(=O)[nH]1)CC2. The van der Waals surface area contributed by atoms with Crippen molar-refractivity contribution in [2.45, 2.75) is 25.8 Å². The summed E-state index contributed by atoms with van der Waals surface area (Å²) in [4.78, 5) is 39.4. The first-order valence-corrected chi connectivity index (χ1v) is 7.54. The molecule has 0 unspecified atom stereocenters. The number of H-pyrrole nitrogens is 2. The maximum absolute atomic E-state index is 12.4. The molecule has 0 bridgehead atoms. The second kappa shape index (κ2) is 6.30. The lowest BCUT2D eigenvalue weighted by atomic mass is 10.0. The van der Waals surface area contributed by atoms with Crippen LogP contribution >= 0.6 is 0 Å². The van der Waals surface area contributed by atoms with Crippen LogP contribution in [0.2, 0.25) is 0 Å². The van der Waals surface area contributed by atoms with E-state index < -0.39 is 11.7 Å². The molecule has 0 radical (unpaired) electrons. The molecular weight excluding hydrogens is 316 g/mol. The summed E-state index contributed by atoms with van der Waals surface area (Å²) in [6.07, 6.45) is 1.20. The molecule has 1 aliphatic rings. The van der Waals surface area contributed by atoms with E-state index in [1.165, 1.54) is 7.11 Å². The van der Waals surface area contributed by atoms with E-state index in [9.17, 15) is 14.4 Å². The summed E-state index contributed by atoms with van der Waals surface area (Å²) in [7, 11) is 3.08. The van der Waals surface area contributed by atoms with Crippen LogP contribution in [0.1, 0.15) is 34.0 Å². The van der Waals surface area contributed by atoms with Crippen molar-refractivity contribution in [3.8, 4) is 0 Å². The van der Waals surface area contributed by atoms with E-state index in [1.54, 1.807) is 16.6 Å². The number of amides is 1. The molecule has 2 N–H and O–H groups in total. The van der Waals surface area contributed by atoms with E-state index in [-0.39, 0.29) is 18.0 Å². The number of carbonyl (C=O) groups excluding carboxylic acids is 2. The van der Waals surface area contributed by atoms with Crippen LogP contribution in [0.3, 0.4) is 0 Å². The van der Waals surface area contributed by atoms with Crippen molar-refractivity contribution in [1.29, 1.82) is 0 Å². The Kier molecular flexibility index (Phi) is 4.19. The number of hydrogen-bond donors (Lipinski definition) is 2. The molecule has 0 spiro atoms. The Labute approximate surface area is 136 Å². The number of fused-ring (bicyclic) bond motifs is 1. The van der Waals surface area contributed by atoms with Crippen LogP contribution in [0.4, 0.5) is 0 Å². The van der Waals surface area contributed by atoms with Crippen molar-refractivity contribution in [3.63, 3.8) is 0 Å². The minimum atomic E-state index is -0.504. The maximum atomic E-state index is 12.4. The number of aromatic amines is 2. The van der Waals surface area contributed by atoms with E-state index in [4.69, 9.17) is 4.74 Å². The highest BCUT2D eigenvalue weighted by Crippen LogP contribution is 2.23. The molecule has 128 valence electrons. The Bertz CT molecular complexity index is 833. The number of methoxy groups -OCH3 is 1. The van der Waals surface area contributed by atoms with E-state index >= 15 is 0 Å². The minimum absolute atomic E-state index is 0.0656. The highest BCUT2D eigenvalue weighted by Gasteiger charge is 2.29. The number of nitrogens with zero attached hydrogens (tertiary/aromatic N) is 4. The summed E-state index contributed by atoms with van der Waals surface area (Å²) < 4.78 is 6.42. The molecule has 2 aromatic heterocycles. The number of rotatable bonds is 4. The van der Waals surface area contributed by atoms with Gasteiger partial charge >= 0.3 is 11.7 Å². The normalized spacial score (nSPS) is 13.7. The molecule has 10 heteroatoms. The first-order valence-electron chi connectivity index (χ1n) is 7.54. The zero-order valence-corrected chi connectivity index (χ0v) is 13.5. The highest BCUT2D eigenvalue weighted by atomic mass is 16.5. The number of carbonyl (C=O) groups is 2. The summed E-state index contributed by atoms with van der Waals surface area (Å²) in [5, 5.41) is 10.3. The van der Waals surface area contributed by atoms with Gasteiger partial charge in [-0.25, -0.2) is 14.7 Å². The third-order valence-electron chi connectivity index (χ3n) is 4.10. The summed E-state index contributed by atoms with van der Waals surface area (Å²) >= 11 is 0. The fourth-order valence-electron chi connectivity index (χ4n) is 2.87. The number of aromatic nitrogens is 5. The van der Waals surface area contributed by atoms with Crippen LogP contribution in [0, 0.1) is 0 Å². The van der Waals surface area contributed by atoms with Gasteiger partial charge in [-0.3, -0.25) is 14.5 Å². The van der Waals surface area contributed by atoms with Gasteiger partial charge in [0.05, 0.1) is 7.11 Å². The molecule has 0 saturated heterocycles.